The highest BCUT2D eigenvalue weighted by Gasteiger charge is 2.12. The molecule has 3 aromatic rings. The van der Waals surface area contributed by atoms with Crippen molar-refractivity contribution in [2.75, 3.05) is 6.61 Å². The quantitative estimate of drug-likeness (QED) is 0.516. The Bertz CT molecular complexity index is 721. The van der Waals surface area contributed by atoms with Gasteiger partial charge in [-0.05, 0) is 52.3 Å². The van der Waals surface area contributed by atoms with Crippen LogP contribution >= 0.6 is 0 Å². The van der Waals surface area contributed by atoms with Gasteiger partial charge < -0.3 is 4.43 Å². The summed E-state index contributed by atoms with van der Waals surface area (Å²) in [6, 6.07) is 19.6. The maximum atomic E-state index is 5.85. The van der Waals surface area contributed by atoms with Gasteiger partial charge in [-0.1, -0.05) is 42.5 Å². The van der Waals surface area contributed by atoms with Crippen LogP contribution in [0.5, 0.6) is 0 Å². The van der Waals surface area contributed by atoms with Gasteiger partial charge in [0.1, 0.15) is 0 Å². The van der Waals surface area contributed by atoms with E-state index in [1.165, 1.54) is 26.7 Å². The van der Waals surface area contributed by atoms with E-state index in [0.717, 1.165) is 6.61 Å². The predicted molar refractivity (Wildman–Crippen MR) is 84.3 cm³/mol. The fraction of sp³-hybridized carbons (Fsp3) is 0.176. The van der Waals surface area contributed by atoms with Crippen molar-refractivity contribution in [3.05, 3.63) is 54.6 Å². The van der Waals surface area contributed by atoms with Gasteiger partial charge in [0.25, 0.3) is 0 Å². The average molecular weight is 265 g/mol. The van der Waals surface area contributed by atoms with Crippen molar-refractivity contribution in [3.63, 3.8) is 0 Å². The lowest BCUT2D eigenvalue weighted by Crippen LogP contribution is -2.30. The van der Waals surface area contributed by atoms with Crippen molar-refractivity contribution in [2.45, 2.75) is 13.5 Å². The fourth-order valence-corrected chi connectivity index (χ4v) is 4.08. The molecule has 3 aromatic carbocycles. The largest absolute Gasteiger partial charge is 0.412 e. The summed E-state index contributed by atoms with van der Waals surface area (Å²) in [5, 5.41) is 6.61. The van der Waals surface area contributed by atoms with Crippen LogP contribution in [-0.2, 0) is 4.43 Å². The van der Waals surface area contributed by atoms with Crippen LogP contribution in [0.2, 0.25) is 6.55 Å². The second kappa shape index (κ2) is 5.15. The molecule has 0 unspecified atom stereocenters. The molecule has 0 spiro atoms. The van der Waals surface area contributed by atoms with Crippen LogP contribution in [0.1, 0.15) is 6.92 Å². The fourth-order valence-electron chi connectivity index (χ4n) is 2.57. The molecule has 0 aliphatic carbocycles. The summed E-state index contributed by atoms with van der Waals surface area (Å²) >= 11 is 0. The van der Waals surface area contributed by atoms with Crippen LogP contribution in [0.25, 0.3) is 21.5 Å². The van der Waals surface area contributed by atoms with Gasteiger partial charge in [-0.15, -0.1) is 0 Å². The van der Waals surface area contributed by atoms with Crippen molar-refractivity contribution in [2.24, 2.45) is 0 Å². The summed E-state index contributed by atoms with van der Waals surface area (Å²) in [5.41, 5.74) is 0. The molecule has 0 heterocycles. The van der Waals surface area contributed by atoms with E-state index >= 15 is 0 Å². The van der Waals surface area contributed by atoms with Crippen LogP contribution in [0.3, 0.4) is 0 Å². The molecule has 0 bridgehead atoms. The summed E-state index contributed by atoms with van der Waals surface area (Å²) in [5.74, 6) is 0. The molecule has 95 valence electrons. The van der Waals surface area contributed by atoms with Crippen molar-refractivity contribution >= 4 is 35.8 Å². The van der Waals surface area contributed by atoms with Crippen LogP contribution in [0.4, 0.5) is 0 Å². The van der Waals surface area contributed by atoms with Crippen molar-refractivity contribution in [1.29, 1.82) is 0 Å². The lowest BCUT2D eigenvalue weighted by Gasteiger charge is -2.13. The normalized spacial score (nSPS) is 11.5. The summed E-state index contributed by atoms with van der Waals surface area (Å²) in [7, 11) is -0.911. The van der Waals surface area contributed by atoms with E-state index in [1.807, 2.05) is 0 Å². The third kappa shape index (κ3) is 2.29. The van der Waals surface area contributed by atoms with Gasteiger partial charge in [-0.2, -0.15) is 0 Å². The molecule has 0 saturated carbocycles. The predicted octanol–water partition coefficient (Wildman–Crippen LogP) is 3.86. The second-order valence-electron chi connectivity index (χ2n) is 4.72. The summed E-state index contributed by atoms with van der Waals surface area (Å²) < 4.78 is 5.85. The van der Waals surface area contributed by atoms with E-state index in [2.05, 4.69) is 68.1 Å². The maximum Gasteiger partial charge on any atom is 0.244 e. The first kappa shape index (κ1) is 12.4. The van der Waals surface area contributed by atoms with Gasteiger partial charge in [0.05, 0.1) is 0 Å². The van der Waals surface area contributed by atoms with Gasteiger partial charge >= 0.3 is 0 Å². The Labute approximate surface area is 115 Å². The van der Waals surface area contributed by atoms with E-state index in [9.17, 15) is 0 Å². The Hall–Kier alpha value is -1.64. The highest BCUT2D eigenvalue weighted by atomic mass is 28.3. The Morgan fingerprint density at radius 3 is 2.32 bits per heavy atom. The molecular formula is C17H17OSi. The van der Waals surface area contributed by atoms with Crippen molar-refractivity contribution in [3.8, 4) is 0 Å². The Balaban J connectivity index is 2.26. The van der Waals surface area contributed by atoms with E-state index < -0.39 is 9.04 Å². The summed E-state index contributed by atoms with van der Waals surface area (Å²) in [6.45, 7) is 5.07. The maximum absolute atomic E-state index is 5.85. The van der Waals surface area contributed by atoms with Crippen molar-refractivity contribution < 1.29 is 4.43 Å². The first-order chi connectivity index (χ1) is 9.29. The highest BCUT2D eigenvalue weighted by Crippen LogP contribution is 2.21. The van der Waals surface area contributed by atoms with Gasteiger partial charge in [0.2, 0.25) is 9.04 Å². The van der Waals surface area contributed by atoms with Crippen molar-refractivity contribution in [1.82, 2.24) is 0 Å². The third-order valence-electron chi connectivity index (χ3n) is 3.49. The van der Waals surface area contributed by atoms with Gasteiger partial charge in [-0.3, -0.25) is 0 Å². The standard InChI is InChI=1S/C17H17OSi/c1-3-18-19(2)17-10-6-9-15-11-13-7-4-5-8-14(13)12-16(15)17/h4-12H,3H2,1-2H3. The molecule has 1 radical (unpaired) electrons. The van der Waals surface area contributed by atoms with Crippen LogP contribution < -0.4 is 5.19 Å². The second-order valence-corrected chi connectivity index (χ2v) is 6.65. The van der Waals surface area contributed by atoms with E-state index in [1.54, 1.807) is 0 Å². The summed E-state index contributed by atoms with van der Waals surface area (Å²) in [4.78, 5) is 0. The van der Waals surface area contributed by atoms with Gasteiger partial charge in [0, 0.05) is 6.61 Å². The van der Waals surface area contributed by atoms with E-state index in [0.29, 0.717) is 0 Å². The van der Waals surface area contributed by atoms with E-state index in [-0.39, 0.29) is 0 Å². The molecular weight excluding hydrogens is 248 g/mol. The Kier molecular flexibility index (Phi) is 3.36. The molecule has 0 saturated heterocycles. The lowest BCUT2D eigenvalue weighted by molar-refractivity contribution is 0.354. The molecule has 19 heavy (non-hydrogen) atoms. The van der Waals surface area contributed by atoms with Gasteiger partial charge in [0.15, 0.2) is 0 Å². The number of hydrogen-bond donors (Lipinski definition) is 0. The molecule has 0 aromatic heterocycles. The topological polar surface area (TPSA) is 9.23 Å². The highest BCUT2D eigenvalue weighted by molar-refractivity contribution is 6.68. The molecule has 0 aliphatic rings. The minimum atomic E-state index is -0.911. The SMILES string of the molecule is CCO[Si](C)c1cccc2cc3ccccc3cc12. The number of fused-ring (bicyclic) bond motifs is 2. The average Bonchev–Trinajstić information content (AvgIpc) is 2.44. The number of hydrogen-bond acceptors (Lipinski definition) is 1. The summed E-state index contributed by atoms with van der Waals surface area (Å²) in [6.07, 6.45) is 0. The van der Waals surface area contributed by atoms with Crippen LogP contribution in [0, 0.1) is 0 Å². The monoisotopic (exact) mass is 265 g/mol. The molecule has 0 aliphatic heterocycles. The first-order valence-corrected chi connectivity index (χ1v) is 8.58. The zero-order chi connectivity index (χ0) is 13.2. The minimum absolute atomic E-state index is 0.786. The van der Waals surface area contributed by atoms with Crippen LogP contribution in [-0.4, -0.2) is 15.6 Å². The molecule has 0 atom stereocenters. The van der Waals surface area contributed by atoms with Gasteiger partial charge in [-0.25, -0.2) is 0 Å². The Morgan fingerprint density at radius 1 is 0.895 bits per heavy atom. The zero-order valence-electron chi connectivity index (χ0n) is 11.3. The Morgan fingerprint density at radius 2 is 1.58 bits per heavy atom. The lowest BCUT2D eigenvalue weighted by atomic mass is 10.0. The first-order valence-electron chi connectivity index (χ1n) is 6.68. The molecule has 1 nitrogen and oxygen atoms in total. The van der Waals surface area contributed by atoms with E-state index in [4.69, 9.17) is 4.43 Å². The molecule has 2 heteroatoms. The molecule has 0 fully saturated rings. The minimum Gasteiger partial charge on any atom is -0.412 e. The number of rotatable bonds is 3. The molecule has 0 amide bonds. The number of benzene rings is 3. The molecule has 0 N–H and O–H groups in total. The van der Waals surface area contributed by atoms with Crippen LogP contribution in [0.15, 0.2) is 54.6 Å². The zero-order valence-corrected chi connectivity index (χ0v) is 12.3. The smallest absolute Gasteiger partial charge is 0.244 e. The third-order valence-corrected chi connectivity index (χ3v) is 5.40. The molecule has 3 rings (SSSR count).